The summed E-state index contributed by atoms with van der Waals surface area (Å²) in [5.74, 6) is -0.746. The zero-order valence-corrected chi connectivity index (χ0v) is 10.1. The van der Waals surface area contributed by atoms with Gasteiger partial charge in [-0.2, -0.15) is 0 Å². The van der Waals surface area contributed by atoms with E-state index in [2.05, 4.69) is 32.0 Å². The molecule has 0 amide bonds. The molecule has 0 heterocycles. The third kappa shape index (κ3) is 3.54. The number of carbonyl (C=O) groups is 1. The first-order valence-corrected chi connectivity index (χ1v) is 5.47. The van der Waals surface area contributed by atoms with Gasteiger partial charge >= 0.3 is 5.97 Å². The van der Waals surface area contributed by atoms with E-state index >= 15 is 0 Å². The van der Waals surface area contributed by atoms with Crippen molar-refractivity contribution in [3.63, 3.8) is 0 Å². The molecule has 0 unspecified atom stereocenters. The van der Waals surface area contributed by atoms with Crippen LogP contribution in [0.4, 0.5) is 0 Å². The Labute approximate surface area is 96.6 Å². The van der Waals surface area contributed by atoms with Gasteiger partial charge in [0.2, 0.25) is 0 Å². The molecule has 0 spiro atoms. The van der Waals surface area contributed by atoms with Crippen LogP contribution in [0.25, 0.3) is 5.57 Å². The average Bonchev–Trinajstić information content (AvgIpc) is 2.21. The van der Waals surface area contributed by atoms with E-state index in [1.807, 2.05) is 13.0 Å². The maximum Gasteiger partial charge on any atom is 0.303 e. The number of hydrogen-bond acceptors (Lipinski definition) is 1. The van der Waals surface area contributed by atoms with Crippen LogP contribution in [0.3, 0.4) is 0 Å². The molecular weight excluding hydrogens is 200 g/mol. The van der Waals surface area contributed by atoms with Crippen molar-refractivity contribution in [1.29, 1.82) is 0 Å². The molecule has 0 radical (unpaired) electrons. The maximum atomic E-state index is 10.4. The fraction of sp³-hybridized carbons (Fsp3) is 0.357. The Balaban J connectivity index is 2.75. The maximum absolute atomic E-state index is 10.4. The van der Waals surface area contributed by atoms with Crippen molar-refractivity contribution >= 4 is 11.5 Å². The van der Waals surface area contributed by atoms with Gasteiger partial charge in [-0.25, -0.2) is 0 Å². The minimum atomic E-state index is -0.746. The van der Waals surface area contributed by atoms with Gasteiger partial charge in [-0.1, -0.05) is 24.3 Å². The Morgan fingerprint density at radius 3 is 2.56 bits per heavy atom. The van der Waals surface area contributed by atoms with Crippen molar-refractivity contribution in [2.24, 2.45) is 0 Å². The molecule has 2 nitrogen and oxygen atoms in total. The molecule has 1 rings (SSSR count). The Hall–Kier alpha value is -1.57. The van der Waals surface area contributed by atoms with Crippen molar-refractivity contribution in [2.45, 2.75) is 33.6 Å². The lowest BCUT2D eigenvalue weighted by Crippen LogP contribution is -1.92. The molecule has 0 aliphatic carbocycles. The van der Waals surface area contributed by atoms with Crippen LogP contribution in [0.2, 0.25) is 0 Å². The van der Waals surface area contributed by atoms with Crippen LogP contribution in [0, 0.1) is 13.8 Å². The molecule has 0 aliphatic rings. The first-order chi connectivity index (χ1) is 7.50. The van der Waals surface area contributed by atoms with Crippen LogP contribution in [0.5, 0.6) is 0 Å². The number of rotatable bonds is 4. The summed E-state index contributed by atoms with van der Waals surface area (Å²) in [4.78, 5) is 10.4. The first kappa shape index (κ1) is 12.5. The number of allylic oxidation sites excluding steroid dienone is 2. The third-order valence-electron chi connectivity index (χ3n) is 2.77. The second-order valence-electron chi connectivity index (χ2n) is 4.12. The molecule has 0 bridgehead atoms. The van der Waals surface area contributed by atoms with Crippen molar-refractivity contribution < 1.29 is 9.90 Å². The van der Waals surface area contributed by atoms with Crippen LogP contribution in [0.15, 0.2) is 24.3 Å². The minimum absolute atomic E-state index is 0.197. The first-order valence-electron chi connectivity index (χ1n) is 5.47. The van der Waals surface area contributed by atoms with Crippen molar-refractivity contribution in [3.05, 3.63) is 41.0 Å². The number of aryl methyl sites for hydroxylation is 2. The predicted molar refractivity (Wildman–Crippen MR) is 66.4 cm³/mol. The molecule has 1 aromatic carbocycles. The van der Waals surface area contributed by atoms with Crippen LogP contribution in [0.1, 0.15) is 36.5 Å². The lowest BCUT2D eigenvalue weighted by atomic mass is 10.0. The summed E-state index contributed by atoms with van der Waals surface area (Å²) >= 11 is 0. The standard InChI is InChI=1S/C14H18O2/c1-10-7-8-13(9-12(10)3)11(2)5-4-6-14(15)16/h5,7-9H,4,6H2,1-3H3,(H,15,16)/b11-5+. The van der Waals surface area contributed by atoms with Gasteiger partial charge in [0, 0.05) is 6.42 Å². The van der Waals surface area contributed by atoms with E-state index in [0.717, 1.165) is 5.57 Å². The monoisotopic (exact) mass is 218 g/mol. The topological polar surface area (TPSA) is 37.3 Å². The molecule has 0 aromatic heterocycles. The summed E-state index contributed by atoms with van der Waals surface area (Å²) in [6.07, 6.45) is 2.77. The molecule has 2 heteroatoms. The summed E-state index contributed by atoms with van der Waals surface area (Å²) in [5.41, 5.74) is 4.86. The highest BCUT2D eigenvalue weighted by atomic mass is 16.4. The Morgan fingerprint density at radius 1 is 1.31 bits per heavy atom. The quantitative estimate of drug-likeness (QED) is 0.838. The molecule has 0 atom stereocenters. The van der Waals surface area contributed by atoms with Gasteiger partial charge in [-0.15, -0.1) is 0 Å². The molecular formula is C14H18O2. The van der Waals surface area contributed by atoms with Gasteiger partial charge in [0.05, 0.1) is 0 Å². The third-order valence-corrected chi connectivity index (χ3v) is 2.77. The smallest absolute Gasteiger partial charge is 0.303 e. The molecule has 86 valence electrons. The van der Waals surface area contributed by atoms with Crippen LogP contribution in [-0.2, 0) is 4.79 Å². The van der Waals surface area contributed by atoms with Crippen molar-refractivity contribution in [1.82, 2.24) is 0 Å². The van der Waals surface area contributed by atoms with Crippen LogP contribution < -0.4 is 0 Å². The average molecular weight is 218 g/mol. The van der Waals surface area contributed by atoms with E-state index in [1.165, 1.54) is 16.7 Å². The summed E-state index contributed by atoms with van der Waals surface area (Å²) in [6, 6.07) is 6.32. The molecule has 1 N–H and O–H groups in total. The second-order valence-corrected chi connectivity index (χ2v) is 4.12. The molecule has 0 aliphatic heterocycles. The lowest BCUT2D eigenvalue weighted by Gasteiger charge is -2.05. The largest absolute Gasteiger partial charge is 0.481 e. The van der Waals surface area contributed by atoms with E-state index in [0.29, 0.717) is 6.42 Å². The fourth-order valence-corrected chi connectivity index (χ4v) is 1.52. The zero-order valence-electron chi connectivity index (χ0n) is 10.1. The molecule has 0 fully saturated rings. The zero-order chi connectivity index (χ0) is 12.1. The molecule has 16 heavy (non-hydrogen) atoms. The Kier molecular flexibility index (Phi) is 4.29. The van der Waals surface area contributed by atoms with E-state index < -0.39 is 5.97 Å². The fourth-order valence-electron chi connectivity index (χ4n) is 1.52. The van der Waals surface area contributed by atoms with Crippen LogP contribution in [-0.4, -0.2) is 11.1 Å². The molecule has 1 aromatic rings. The van der Waals surface area contributed by atoms with Gasteiger partial charge in [0.1, 0.15) is 0 Å². The van der Waals surface area contributed by atoms with Gasteiger partial charge in [-0.3, -0.25) is 4.79 Å². The second kappa shape index (κ2) is 5.50. The highest BCUT2D eigenvalue weighted by Crippen LogP contribution is 2.18. The minimum Gasteiger partial charge on any atom is -0.481 e. The Bertz CT molecular complexity index is 417. The molecule has 0 saturated carbocycles. The number of hydrogen-bond donors (Lipinski definition) is 1. The van der Waals surface area contributed by atoms with E-state index in [1.54, 1.807) is 0 Å². The number of aliphatic carboxylic acids is 1. The normalized spacial score (nSPS) is 11.6. The number of carboxylic acid groups (broad SMARTS) is 1. The number of benzene rings is 1. The van der Waals surface area contributed by atoms with E-state index in [9.17, 15) is 4.79 Å². The van der Waals surface area contributed by atoms with Gasteiger partial charge in [-0.05, 0) is 49.5 Å². The highest BCUT2D eigenvalue weighted by molar-refractivity contribution is 5.68. The number of carboxylic acids is 1. The van der Waals surface area contributed by atoms with Crippen LogP contribution >= 0.6 is 0 Å². The predicted octanol–water partition coefficient (Wildman–Crippen LogP) is 3.57. The van der Waals surface area contributed by atoms with Gasteiger partial charge in [0.25, 0.3) is 0 Å². The SMILES string of the molecule is C/C(=C\CCC(=O)O)c1ccc(C)c(C)c1. The summed E-state index contributed by atoms with van der Waals surface area (Å²) in [5, 5.41) is 8.55. The van der Waals surface area contributed by atoms with Crippen molar-refractivity contribution in [2.75, 3.05) is 0 Å². The highest BCUT2D eigenvalue weighted by Gasteiger charge is 1.99. The van der Waals surface area contributed by atoms with E-state index in [-0.39, 0.29) is 6.42 Å². The molecule has 0 saturated heterocycles. The van der Waals surface area contributed by atoms with Crippen molar-refractivity contribution in [3.8, 4) is 0 Å². The summed E-state index contributed by atoms with van der Waals surface area (Å²) in [6.45, 7) is 6.19. The summed E-state index contributed by atoms with van der Waals surface area (Å²) in [7, 11) is 0. The lowest BCUT2D eigenvalue weighted by molar-refractivity contribution is -0.136. The summed E-state index contributed by atoms with van der Waals surface area (Å²) < 4.78 is 0. The Morgan fingerprint density at radius 2 is 2.00 bits per heavy atom. The van der Waals surface area contributed by atoms with E-state index in [4.69, 9.17) is 5.11 Å². The van der Waals surface area contributed by atoms with Gasteiger partial charge < -0.3 is 5.11 Å². The van der Waals surface area contributed by atoms with Gasteiger partial charge in [0.15, 0.2) is 0 Å².